The molecule has 0 aliphatic heterocycles. The quantitative estimate of drug-likeness (QED) is 0.209. The Labute approximate surface area is 166 Å². The van der Waals surface area contributed by atoms with E-state index in [2.05, 4.69) is 51.6 Å². The summed E-state index contributed by atoms with van der Waals surface area (Å²) in [5, 5.41) is 0. The summed E-state index contributed by atoms with van der Waals surface area (Å²) in [5.74, 6) is 0.655. The van der Waals surface area contributed by atoms with Crippen LogP contribution in [0.5, 0.6) is 5.75 Å². The average Bonchev–Trinajstić information content (AvgIpc) is 2.64. The first-order valence-electron chi connectivity index (χ1n) is 10.5. The maximum absolute atomic E-state index is 10.9. The number of carbonyl (C=O) groups is 1. The molecule has 0 saturated heterocycles. The Hall–Kier alpha value is -1.77. The normalized spacial score (nSPS) is 11.2. The van der Waals surface area contributed by atoms with Gasteiger partial charge in [-0.05, 0) is 36.0 Å². The van der Waals surface area contributed by atoms with Crippen LogP contribution in [0.25, 0.3) is 0 Å². The van der Waals surface area contributed by atoms with E-state index in [-0.39, 0.29) is 11.4 Å². The number of benzene rings is 1. The van der Waals surface area contributed by atoms with Crippen molar-refractivity contribution in [1.82, 2.24) is 0 Å². The number of ether oxygens (including phenoxy) is 2. The van der Waals surface area contributed by atoms with Crippen molar-refractivity contribution in [2.24, 2.45) is 0 Å². The molecule has 152 valence electrons. The van der Waals surface area contributed by atoms with E-state index in [0.29, 0.717) is 6.61 Å². The first kappa shape index (κ1) is 23.3. The first-order chi connectivity index (χ1) is 12.9. The molecule has 0 amide bonds. The smallest absolute Gasteiger partial charge is 0.330 e. The second-order valence-corrected chi connectivity index (χ2v) is 8.18. The van der Waals surface area contributed by atoms with E-state index >= 15 is 0 Å². The van der Waals surface area contributed by atoms with E-state index < -0.39 is 0 Å². The topological polar surface area (TPSA) is 35.5 Å². The molecule has 1 rings (SSSR count). The van der Waals surface area contributed by atoms with Gasteiger partial charge in [0.15, 0.2) is 0 Å². The second kappa shape index (κ2) is 13.4. The molecule has 1 aromatic carbocycles. The van der Waals surface area contributed by atoms with Gasteiger partial charge in [-0.15, -0.1) is 0 Å². The summed E-state index contributed by atoms with van der Waals surface area (Å²) in [6.07, 6.45) is 12.0. The Balaban J connectivity index is 1.90. The van der Waals surface area contributed by atoms with Gasteiger partial charge in [0.1, 0.15) is 5.75 Å². The van der Waals surface area contributed by atoms with Crippen LogP contribution in [0.1, 0.15) is 84.1 Å². The Morgan fingerprint density at radius 2 is 1.33 bits per heavy atom. The van der Waals surface area contributed by atoms with E-state index in [9.17, 15) is 4.79 Å². The van der Waals surface area contributed by atoms with Crippen molar-refractivity contribution >= 4 is 5.97 Å². The fourth-order valence-corrected chi connectivity index (χ4v) is 2.91. The molecule has 0 atom stereocenters. The second-order valence-electron chi connectivity index (χ2n) is 8.18. The van der Waals surface area contributed by atoms with Crippen LogP contribution in [0.4, 0.5) is 0 Å². The average molecular weight is 375 g/mol. The van der Waals surface area contributed by atoms with E-state index in [4.69, 9.17) is 9.47 Å². The van der Waals surface area contributed by atoms with Crippen molar-refractivity contribution in [1.29, 1.82) is 0 Å². The van der Waals surface area contributed by atoms with Gasteiger partial charge in [0.2, 0.25) is 0 Å². The maximum atomic E-state index is 10.9. The zero-order chi connectivity index (χ0) is 20.0. The summed E-state index contributed by atoms with van der Waals surface area (Å²) in [4.78, 5) is 10.9. The summed E-state index contributed by atoms with van der Waals surface area (Å²) < 4.78 is 10.8. The zero-order valence-electron chi connectivity index (χ0n) is 17.6. The van der Waals surface area contributed by atoms with Crippen molar-refractivity contribution in [2.45, 2.75) is 84.0 Å². The Morgan fingerprint density at radius 1 is 0.852 bits per heavy atom. The van der Waals surface area contributed by atoms with Crippen molar-refractivity contribution in [3.8, 4) is 5.75 Å². The highest BCUT2D eigenvalue weighted by Gasteiger charge is 2.12. The molecule has 0 aromatic heterocycles. The predicted octanol–water partition coefficient (Wildman–Crippen LogP) is 6.60. The zero-order valence-corrected chi connectivity index (χ0v) is 17.6. The van der Waals surface area contributed by atoms with Gasteiger partial charge in [0, 0.05) is 6.08 Å². The molecule has 0 aliphatic carbocycles. The maximum Gasteiger partial charge on any atom is 0.330 e. The highest BCUT2D eigenvalue weighted by Crippen LogP contribution is 2.24. The third-order valence-electron chi connectivity index (χ3n) is 4.69. The third-order valence-corrected chi connectivity index (χ3v) is 4.69. The summed E-state index contributed by atoms with van der Waals surface area (Å²) >= 11 is 0. The Kier molecular flexibility index (Phi) is 11.6. The van der Waals surface area contributed by atoms with Crippen LogP contribution >= 0.6 is 0 Å². The van der Waals surface area contributed by atoms with Gasteiger partial charge in [-0.2, -0.15) is 0 Å². The standard InChI is InChI=1S/C24H38O3/c1-5-23(25)27-20-14-12-10-8-6-7-9-11-13-19-26-22-17-15-21(16-18-22)24(2,3)4/h5,15-18H,1,6-14,19-20H2,2-4H3. The first-order valence-corrected chi connectivity index (χ1v) is 10.5. The molecular weight excluding hydrogens is 336 g/mol. The number of hydrogen-bond donors (Lipinski definition) is 0. The lowest BCUT2D eigenvalue weighted by molar-refractivity contribution is -0.137. The van der Waals surface area contributed by atoms with Crippen LogP contribution in [0, 0.1) is 0 Å². The van der Waals surface area contributed by atoms with Crippen LogP contribution in [-0.4, -0.2) is 19.2 Å². The highest BCUT2D eigenvalue weighted by atomic mass is 16.5. The molecule has 0 spiro atoms. The predicted molar refractivity (Wildman–Crippen MR) is 113 cm³/mol. The van der Waals surface area contributed by atoms with Gasteiger partial charge in [-0.1, -0.05) is 84.4 Å². The summed E-state index contributed by atoms with van der Waals surface area (Å²) in [6, 6.07) is 8.50. The van der Waals surface area contributed by atoms with Gasteiger partial charge in [0.25, 0.3) is 0 Å². The highest BCUT2D eigenvalue weighted by molar-refractivity contribution is 5.81. The molecule has 27 heavy (non-hydrogen) atoms. The van der Waals surface area contributed by atoms with Crippen LogP contribution in [0.15, 0.2) is 36.9 Å². The molecule has 3 nitrogen and oxygen atoms in total. The van der Waals surface area contributed by atoms with Gasteiger partial charge in [-0.25, -0.2) is 4.79 Å². The lowest BCUT2D eigenvalue weighted by atomic mass is 9.87. The largest absolute Gasteiger partial charge is 0.494 e. The molecule has 3 heteroatoms. The molecule has 0 heterocycles. The van der Waals surface area contributed by atoms with E-state index in [1.54, 1.807) is 0 Å². The molecule has 0 saturated carbocycles. The lowest BCUT2D eigenvalue weighted by Gasteiger charge is -2.19. The molecular formula is C24H38O3. The van der Waals surface area contributed by atoms with Gasteiger partial charge in [-0.3, -0.25) is 0 Å². The van der Waals surface area contributed by atoms with Gasteiger partial charge >= 0.3 is 5.97 Å². The van der Waals surface area contributed by atoms with Crippen molar-refractivity contribution in [3.63, 3.8) is 0 Å². The molecule has 0 unspecified atom stereocenters. The Bertz CT molecular complexity index is 526. The molecule has 0 aliphatic rings. The van der Waals surface area contributed by atoms with Crippen LogP contribution in [0.3, 0.4) is 0 Å². The lowest BCUT2D eigenvalue weighted by Crippen LogP contribution is -2.10. The van der Waals surface area contributed by atoms with Gasteiger partial charge in [0.05, 0.1) is 13.2 Å². The number of hydrogen-bond acceptors (Lipinski definition) is 3. The molecule has 0 bridgehead atoms. The van der Waals surface area contributed by atoms with Crippen molar-refractivity contribution in [2.75, 3.05) is 13.2 Å². The number of unbranched alkanes of at least 4 members (excludes halogenated alkanes) is 8. The minimum absolute atomic E-state index is 0.191. The van der Waals surface area contributed by atoms with E-state index in [0.717, 1.165) is 31.6 Å². The van der Waals surface area contributed by atoms with Crippen LogP contribution < -0.4 is 4.74 Å². The SMILES string of the molecule is C=CC(=O)OCCCCCCCCCCCOc1ccc(C(C)(C)C)cc1. The fourth-order valence-electron chi connectivity index (χ4n) is 2.91. The number of carbonyl (C=O) groups excluding carboxylic acids is 1. The molecule has 1 aromatic rings. The number of esters is 1. The minimum atomic E-state index is -0.319. The minimum Gasteiger partial charge on any atom is -0.494 e. The van der Waals surface area contributed by atoms with Crippen molar-refractivity contribution < 1.29 is 14.3 Å². The van der Waals surface area contributed by atoms with Gasteiger partial charge < -0.3 is 9.47 Å². The summed E-state index contributed by atoms with van der Waals surface area (Å²) in [7, 11) is 0. The van der Waals surface area contributed by atoms with Crippen molar-refractivity contribution in [3.05, 3.63) is 42.5 Å². The number of rotatable bonds is 14. The van der Waals surface area contributed by atoms with Crippen LogP contribution in [-0.2, 0) is 14.9 Å². The summed E-state index contributed by atoms with van der Waals surface area (Å²) in [5.41, 5.74) is 1.53. The molecule has 0 radical (unpaired) electrons. The van der Waals surface area contributed by atoms with Crippen LogP contribution in [0.2, 0.25) is 0 Å². The summed E-state index contributed by atoms with van der Waals surface area (Å²) in [6.45, 7) is 11.4. The third kappa shape index (κ3) is 11.5. The van der Waals surface area contributed by atoms with E-state index in [1.165, 1.54) is 50.2 Å². The fraction of sp³-hybridized carbons (Fsp3) is 0.625. The van der Waals surface area contributed by atoms with E-state index in [1.807, 2.05) is 0 Å². The monoisotopic (exact) mass is 374 g/mol. The molecule has 0 N–H and O–H groups in total. The Morgan fingerprint density at radius 3 is 1.81 bits per heavy atom. The molecule has 0 fully saturated rings.